The second-order valence-electron chi connectivity index (χ2n) is 13.4. The number of carbonyl (C=O) groups excluding carboxylic acids is 1. The number of nitrogens with zero attached hydrogens (tertiary/aromatic N) is 6. The molecule has 11 heteroatoms. The summed E-state index contributed by atoms with van der Waals surface area (Å²) in [6.07, 6.45) is 2.82. The summed E-state index contributed by atoms with van der Waals surface area (Å²) in [6.45, 7) is 8.69. The maximum absolute atomic E-state index is 14.5. The lowest BCUT2D eigenvalue weighted by atomic mass is 10.0. The predicted octanol–water partition coefficient (Wildman–Crippen LogP) is 4.96. The van der Waals surface area contributed by atoms with Crippen molar-refractivity contribution < 1.29 is 9.53 Å². The minimum Gasteiger partial charge on any atom is -0.444 e. The molecule has 47 heavy (non-hydrogen) atoms. The molecular formula is C36H39N7O4. The van der Waals surface area contributed by atoms with Gasteiger partial charge in [0.1, 0.15) is 5.60 Å². The molecular weight excluding hydrogens is 594 g/mol. The molecule has 1 unspecified atom stereocenters. The number of imidazole rings is 1. The van der Waals surface area contributed by atoms with E-state index in [9.17, 15) is 14.4 Å². The number of hydrogen-bond donors (Lipinski definition) is 1. The summed E-state index contributed by atoms with van der Waals surface area (Å²) in [4.78, 5) is 53.3. The Morgan fingerprint density at radius 1 is 0.979 bits per heavy atom. The van der Waals surface area contributed by atoms with Crippen LogP contribution in [0.25, 0.3) is 32.8 Å². The fourth-order valence-electron chi connectivity index (χ4n) is 6.59. The van der Waals surface area contributed by atoms with Crippen LogP contribution in [0.5, 0.6) is 0 Å². The van der Waals surface area contributed by atoms with Crippen molar-refractivity contribution in [3.05, 3.63) is 75.1 Å². The first-order valence-corrected chi connectivity index (χ1v) is 16.3. The molecule has 1 N–H and O–H groups in total. The summed E-state index contributed by atoms with van der Waals surface area (Å²) in [5, 5.41) is 5.94. The molecule has 5 aromatic rings. The Hall–Kier alpha value is -5.11. The van der Waals surface area contributed by atoms with Gasteiger partial charge in [0.25, 0.3) is 5.56 Å². The van der Waals surface area contributed by atoms with Gasteiger partial charge in [-0.2, -0.15) is 4.98 Å². The van der Waals surface area contributed by atoms with Crippen molar-refractivity contribution in [3.8, 4) is 11.8 Å². The summed E-state index contributed by atoms with van der Waals surface area (Å²) in [5.41, 5.74) is 0.788. The van der Waals surface area contributed by atoms with E-state index in [4.69, 9.17) is 14.7 Å². The van der Waals surface area contributed by atoms with Crippen molar-refractivity contribution in [2.75, 3.05) is 18.0 Å². The largest absolute Gasteiger partial charge is 0.444 e. The SMILES string of the molecule is CC#CCn1c(N2CCCC(NC(=O)OC(C)(C)C)C2)nc2c1c(=O)n(Cc1nc3ccccc3c3ccccc13)c(=O)n2C1CC1. The van der Waals surface area contributed by atoms with Crippen LogP contribution in [0.15, 0.2) is 58.1 Å². The third-order valence-corrected chi connectivity index (χ3v) is 8.79. The second-order valence-corrected chi connectivity index (χ2v) is 13.4. The number of piperidine rings is 1. The highest BCUT2D eigenvalue weighted by Crippen LogP contribution is 2.36. The highest BCUT2D eigenvalue weighted by atomic mass is 16.6. The molecule has 2 fully saturated rings. The molecule has 1 atom stereocenters. The average Bonchev–Trinajstić information content (AvgIpc) is 3.80. The molecule has 1 aliphatic carbocycles. The van der Waals surface area contributed by atoms with Crippen molar-refractivity contribution in [2.45, 2.75) is 84.2 Å². The Balaban J connectivity index is 1.35. The normalized spacial score (nSPS) is 16.8. The number of para-hydroxylation sites is 1. The van der Waals surface area contributed by atoms with Gasteiger partial charge in [0.15, 0.2) is 11.2 Å². The van der Waals surface area contributed by atoms with Gasteiger partial charge in [-0.3, -0.25) is 23.5 Å². The minimum atomic E-state index is -0.605. The van der Waals surface area contributed by atoms with Crippen LogP contribution in [0.1, 0.15) is 65.1 Å². The standard InChI is InChI=1S/C36H39N7O4/c1-5-6-20-41-30-31(39-33(41)40-19-11-12-23(21-40)37-34(45)47-36(2,3)4)43(24-17-18-24)35(46)42(32(30)44)22-29-27-15-8-7-13-25(27)26-14-9-10-16-28(26)38-29/h7-10,13-16,23-24H,11-12,17-22H2,1-4H3,(H,37,45). The van der Waals surface area contributed by atoms with Crippen LogP contribution in [-0.2, 0) is 17.8 Å². The zero-order valence-corrected chi connectivity index (χ0v) is 27.2. The molecule has 2 aromatic carbocycles. The number of amides is 1. The topological polar surface area (TPSA) is 116 Å². The van der Waals surface area contributed by atoms with Crippen LogP contribution in [-0.4, -0.2) is 54.5 Å². The fourth-order valence-corrected chi connectivity index (χ4v) is 6.59. The van der Waals surface area contributed by atoms with Crippen LogP contribution in [0.2, 0.25) is 0 Å². The maximum atomic E-state index is 14.5. The number of anilines is 1. The van der Waals surface area contributed by atoms with E-state index in [1.54, 1.807) is 11.5 Å². The van der Waals surface area contributed by atoms with Gasteiger partial charge in [0.2, 0.25) is 5.95 Å². The summed E-state index contributed by atoms with van der Waals surface area (Å²) < 4.78 is 10.3. The number of carbonyl (C=O) groups is 1. The Morgan fingerprint density at radius 3 is 2.43 bits per heavy atom. The van der Waals surface area contributed by atoms with E-state index in [2.05, 4.69) is 22.1 Å². The number of aromatic nitrogens is 5. The zero-order valence-electron chi connectivity index (χ0n) is 27.2. The highest BCUT2D eigenvalue weighted by Gasteiger charge is 2.34. The van der Waals surface area contributed by atoms with Crippen LogP contribution in [0.3, 0.4) is 0 Å². The molecule has 1 aliphatic heterocycles. The second kappa shape index (κ2) is 11.9. The fraction of sp³-hybridized carbons (Fsp3) is 0.417. The van der Waals surface area contributed by atoms with E-state index < -0.39 is 17.3 Å². The summed E-state index contributed by atoms with van der Waals surface area (Å²) >= 11 is 0. The van der Waals surface area contributed by atoms with Crippen LogP contribution in [0, 0.1) is 11.8 Å². The van der Waals surface area contributed by atoms with Crippen molar-refractivity contribution >= 4 is 44.9 Å². The van der Waals surface area contributed by atoms with E-state index in [1.807, 2.05) is 73.9 Å². The molecule has 7 rings (SSSR count). The number of alkyl carbamates (subject to hydrolysis) is 1. The van der Waals surface area contributed by atoms with Gasteiger partial charge in [-0.05, 0) is 64.8 Å². The smallest absolute Gasteiger partial charge is 0.407 e. The van der Waals surface area contributed by atoms with E-state index >= 15 is 0 Å². The Bertz CT molecular complexity index is 2210. The molecule has 1 saturated carbocycles. The van der Waals surface area contributed by atoms with Crippen molar-refractivity contribution in [1.82, 2.24) is 29.0 Å². The quantitative estimate of drug-likeness (QED) is 0.208. The molecule has 1 saturated heterocycles. The van der Waals surface area contributed by atoms with E-state index in [1.165, 1.54) is 4.57 Å². The van der Waals surface area contributed by atoms with Crippen molar-refractivity contribution in [3.63, 3.8) is 0 Å². The first-order valence-electron chi connectivity index (χ1n) is 16.3. The number of rotatable bonds is 6. The Labute approximate surface area is 272 Å². The summed E-state index contributed by atoms with van der Waals surface area (Å²) in [5.74, 6) is 6.64. The number of nitrogens with one attached hydrogen (secondary N) is 1. The number of hydrogen-bond acceptors (Lipinski definition) is 7. The lowest BCUT2D eigenvalue weighted by Gasteiger charge is -2.34. The average molecular weight is 634 g/mol. The van der Waals surface area contributed by atoms with Gasteiger partial charge in [0.05, 0.1) is 24.3 Å². The molecule has 242 valence electrons. The molecule has 0 bridgehead atoms. The number of benzene rings is 2. The number of ether oxygens (including phenoxy) is 1. The zero-order chi connectivity index (χ0) is 32.9. The first kappa shape index (κ1) is 30.5. The van der Waals surface area contributed by atoms with Gasteiger partial charge in [-0.25, -0.2) is 9.59 Å². The van der Waals surface area contributed by atoms with Crippen LogP contribution in [0.4, 0.5) is 10.7 Å². The van der Waals surface area contributed by atoms with Gasteiger partial charge >= 0.3 is 11.8 Å². The molecule has 4 heterocycles. The number of fused-ring (bicyclic) bond motifs is 4. The van der Waals surface area contributed by atoms with Crippen molar-refractivity contribution in [2.24, 2.45) is 0 Å². The molecule has 0 spiro atoms. The van der Waals surface area contributed by atoms with Gasteiger partial charge in [-0.1, -0.05) is 48.4 Å². The van der Waals surface area contributed by atoms with Gasteiger partial charge < -0.3 is 15.0 Å². The third kappa shape index (κ3) is 5.84. The lowest BCUT2D eigenvalue weighted by Crippen LogP contribution is -2.49. The molecule has 2 aliphatic rings. The van der Waals surface area contributed by atoms with Crippen LogP contribution >= 0.6 is 0 Å². The van der Waals surface area contributed by atoms with Gasteiger partial charge in [0, 0.05) is 35.9 Å². The van der Waals surface area contributed by atoms with Crippen molar-refractivity contribution in [1.29, 1.82) is 0 Å². The summed E-state index contributed by atoms with van der Waals surface area (Å²) in [7, 11) is 0. The molecule has 3 aromatic heterocycles. The van der Waals surface area contributed by atoms with Gasteiger partial charge in [-0.15, -0.1) is 5.92 Å². The summed E-state index contributed by atoms with van der Waals surface area (Å²) in [6, 6.07) is 15.7. The third-order valence-electron chi connectivity index (χ3n) is 8.79. The minimum absolute atomic E-state index is 0.0250. The maximum Gasteiger partial charge on any atom is 0.407 e. The molecule has 0 radical (unpaired) electrons. The van der Waals surface area contributed by atoms with E-state index in [0.717, 1.165) is 47.4 Å². The predicted molar refractivity (Wildman–Crippen MR) is 183 cm³/mol. The Kier molecular flexibility index (Phi) is 7.74. The van der Waals surface area contributed by atoms with Crippen LogP contribution < -0.4 is 21.5 Å². The number of pyridine rings is 1. The lowest BCUT2D eigenvalue weighted by molar-refractivity contribution is 0.0499. The molecule has 1 amide bonds. The van der Waals surface area contributed by atoms with E-state index in [0.29, 0.717) is 35.9 Å². The highest BCUT2D eigenvalue weighted by molar-refractivity contribution is 6.06. The Morgan fingerprint density at radius 2 is 1.70 bits per heavy atom. The first-order chi connectivity index (χ1) is 22.6. The van der Waals surface area contributed by atoms with E-state index in [-0.39, 0.29) is 30.9 Å². The monoisotopic (exact) mass is 633 g/mol. The molecule has 11 nitrogen and oxygen atoms in total.